The van der Waals surface area contributed by atoms with Gasteiger partial charge in [0.25, 0.3) is 0 Å². The topological polar surface area (TPSA) is 49.8 Å². The van der Waals surface area contributed by atoms with Gasteiger partial charge in [0.2, 0.25) is 5.82 Å². The van der Waals surface area contributed by atoms with E-state index in [0.29, 0.717) is 0 Å². The van der Waals surface area contributed by atoms with Crippen LogP contribution in [0.25, 0.3) is 0 Å². The second-order valence-corrected chi connectivity index (χ2v) is 5.10. The van der Waals surface area contributed by atoms with Crippen molar-refractivity contribution in [2.45, 2.75) is 58.2 Å². The van der Waals surface area contributed by atoms with Crippen LogP contribution in [0.5, 0.6) is 0 Å². The number of anilines is 2. The molecule has 1 aromatic rings. The van der Waals surface area contributed by atoms with Crippen molar-refractivity contribution in [2.24, 2.45) is 0 Å². The van der Waals surface area contributed by atoms with Crippen LogP contribution in [0, 0.1) is 0 Å². The van der Waals surface area contributed by atoms with Crippen LogP contribution in [0.3, 0.4) is 0 Å². The molecule has 0 aliphatic rings. The third kappa shape index (κ3) is 6.18. The van der Waals surface area contributed by atoms with E-state index in [1.807, 2.05) is 6.92 Å². The summed E-state index contributed by atoms with van der Waals surface area (Å²) in [4.78, 5) is 6.98. The molecular weight excluding hydrogens is 281 g/mol. The van der Waals surface area contributed by atoms with Crippen molar-refractivity contribution >= 4 is 11.6 Å². The number of unbranched alkanes of at least 4 members (excludes halogenated alkanes) is 3. The molecule has 0 saturated heterocycles. The van der Waals surface area contributed by atoms with Gasteiger partial charge in [-0.2, -0.15) is 13.2 Å². The van der Waals surface area contributed by atoms with Crippen molar-refractivity contribution in [1.29, 1.82) is 0 Å². The van der Waals surface area contributed by atoms with Gasteiger partial charge in [0.05, 0.1) is 0 Å². The molecule has 21 heavy (non-hydrogen) atoms. The third-order valence-corrected chi connectivity index (χ3v) is 3.12. The highest BCUT2D eigenvalue weighted by Gasteiger charge is 2.35. The van der Waals surface area contributed by atoms with Gasteiger partial charge in [-0.25, -0.2) is 9.97 Å². The largest absolute Gasteiger partial charge is 0.451 e. The molecule has 1 aromatic heterocycles. The van der Waals surface area contributed by atoms with Crippen LogP contribution >= 0.6 is 0 Å². The van der Waals surface area contributed by atoms with Crippen LogP contribution in [-0.2, 0) is 6.18 Å². The summed E-state index contributed by atoms with van der Waals surface area (Å²) in [7, 11) is 1.53. The average molecular weight is 304 g/mol. The maximum atomic E-state index is 12.7. The molecule has 0 bridgehead atoms. The Kier molecular flexibility index (Phi) is 6.71. The fourth-order valence-electron chi connectivity index (χ4n) is 1.98. The fraction of sp³-hybridized carbons (Fsp3) is 0.714. The molecule has 7 heteroatoms. The zero-order chi connectivity index (χ0) is 15.9. The summed E-state index contributed by atoms with van der Waals surface area (Å²) in [5.41, 5.74) is 0. The smallest absolute Gasteiger partial charge is 0.373 e. The number of hydrogen-bond donors (Lipinski definition) is 2. The van der Waals surface area contributed by atoms with Gasteiger partial charge in [-0.05, 0) is 13.3 Å². The van der Waals surface area contributed by atoms with Crippen molar-refractivity contribution < 1.29 is 13.2 Å². The molecular formula is C14H23F3N4. The second kappa shape index (κ2) is 8.05. The van der Waals surface area contributed by atoms with Gasteiger partial charge in [0.15, 0.2) is 0 Å². The van der Waals surface area contributed by atoms with Crippen molar-refractivity contribution in [3.05, 3.63) is 11.9 Å². The normalized spacial score (nSPS) is 13.0. The highest BCUT2D eigenvalue weighted by Crippen LogP contribution is 2.28. The van der Waals surface area contributed by atoms with Crippen molar-refractivity contribution in [3.63, 3.8) is 0 Å². The zero-order valence-corrected chi connectivity index (χ0v) is 12.7. The van der Waals surface area contributed by atoms with Gasteiger partial charge in [-0.15, -0.1) is 0 Å². The first-order chi connectivity index (χ1) is 9.86. The van der Waals surface area contributed by atoms with Crippen LogP contribution in [0.2, 0.25) is 0 Å². The van der Waals surface area contributed by atoms with E-state index < -0.39 is 12.0 Å². The van der Waals surface area contributed by atoms with Crippen LogP contribution in [-0.4, -0.2) is 23.1 Å². The summed E-state index contributed by atoms with van der Waals surface area (Å²) in [5.74, 6) is -0.780. The summed E-state index contributed by atoms with van der Waals surface area (Å²) in [6.45, 7) is 4.08. The molecule has 0 aliphatic carbocycles. The van der Waals surface area contributed by atoms with Crippen molar-refractivity contribution in [1.82, 2.24) is 9.97 Å². The Hall–Kier alpha value is -1.53. The fourth-order valence-corrected chi connectivity index (χ4v) is 1.98. The predicted molar refractivity (Wildman–Crippen MR) is 78.4 cm³/mol. The average Bonchev–Trinajstić information content (AvgIpc) is 2.42. The Balaban J connectivity index is 2.69. The minimum Gasteiger partial charge on any atom is -0.373 e. The lowest BCUT2D eigenvalue weighted by Crippen LogP contribution is -2.19. The van der Waals surface area contributed by atoms with Gasteiger partial charge in [0, 0.05) is 19.2 Å². The highest BCUT2D eigenvalue weighted by atomic mass is 19.4. The molecule has 0 saturated carbocycles. The molecule has 1 atom stereocenters. The lowest BCUT2D eigenvalue weighted by molar-refractivity contribution is -0.144. The summed E-state index contributed by atoms with van der Waals surface area (Å²) in [6.07, 6.45) is 0.893. The highest BCUT2D eigenvalue weighted by molar-refractivity contribution is 5.47. The number of rotatable bonds is 8. The van der Waals surface area contributed by atoms with E-state index in [-0.39, 0.29) is 17.7 Å². The number of hydrogen-bond acceptors (Lipinski definition) is 4. The number of alkyl halides is 3. The molecule has 0 aromatic carbocycles. The van der Waals surface area contributed by atoms with Gasteiger partial charge >= 0.3 is 6.18 Å². The molecule has 2 N–H and O–H groups in total. The lowest BCUT2D eigenvalue weighted by Gasteiger charge is -2.16. The maximum absolute atomic E-state index is 12.7. The molecule has 1 unspecified atom stereocenters. The van der Waals surface area contributed by atoms with E-state index in [2.05, 4.69) is 27.5 Å². The zero-order valence-electron chi connectivity index (χ0n) is 12.7. The molecule has 0 radical (unpaired) electrons. The molecule has 1 heterocycles. The van der Waals surface area contributed by atoms with Gasteiger partial charge in [-0.3, -0.25) is 0 Å². The Morgan fingerprint density at radius 2 is 1.81 bits per heavy atom. The Morgan fingerprint density at radius 1 is 1.14 bits per heavy atom. The molecule has 1 rings (SSSR count). The first-order valence-electron chi connectivity index (χ1n) is 7.27. The maximum Gasteiger partial charge on any atom is 0.451 e. The van der Waals surface area contributed by atoms with E-state index >= 15 is 0 Å². The monoisotopic (exact) mass is 304 g/mol. The summed E-state index contributed by atoms with van der Waals surface area (Å²) < 4.78 is 38.2. The van der Waals surface area contributed by atoms with Crippen LogP contribution < -0.4 is 10.6 Å². The Morgan fingerprint density at radius 3 is 2.38 bits per heavy atom. The van der Waals surface area contributed by atoms with Crippen LogP contribution in [0.4, 0.5) is 24.8 Å². The summed E-state index contributed by atoms with van der Waals surface area (Å²) in [5, 5.41) is 5.64. The minimum atomic E-state index is -4.55. The summed E-state index contributed by atoms with van der Waals surface area (Å²) in [6, 6.07) is 1.56. The van der Waals surface area contributed by atoms with E-state index in [4.69, 9.17) is 0 Å². The van der Waals surface area contributed by atoms with Gasteiger partial charge in [0.1, 0.15) is 11.6 Å². The molecule has 0 amide bonds. The second-order valence-electron chi connectivity index (χ2n) is 5.10. The van der Waals surface area contributed by atoms with Crippen molar-refractivity contribution in [2.75, 3.05) is 17.7 Å². The molecule has 0 spiro atoms. The van der Waals surface area contributed by atoms with Crippen molar-refractivity contribution in [3.8, 4) is 0 Å². The SMILES string of the molecule is CCCCCCC(C)Nc1cc(NC)nc(C(F)(F)F)n1. The molecule has 0 aliphatic heterocycles. The predicted octanol–water partition coefficient (Wildman–Crippen LogP) is 4.31. The van der Waals surface area contributed by atoms with Gasteiger partial charge in [-0.1, -0.05) is 32.6 Å². The summed E-state index contributed by atoms with van der Waals surface area (Å²) >= 11 is 0. The van der Waals surface area contributed by atoms with E-state index in [1.54, 1.807) is 0 Å². The third-order valence-electron chi connectivity index (χ3n) is 3.12. The van der Waals surface area contributed by atoms with E-state index in [9.17, 15) is 13.2 Å². The molecule has 4 nitrogen and oxygen atoms in total. The molecule has 120 valence electrons. The Labute approximate surface area is 123 Å². The minimum absolute atomic E-state index is 0.0718. The number of halogens is 3. The standard InChI is InChI=1S/C14H23F3N4/c1-4-5-6-7-8-10(2)19-12-9-11(18-3)20-13(21-12)14(15,16)17/h9-10H,4-8H2,1-3H3,(H2,18,19,20,21). The number of nitrogens with zero attached hydrogens (tertiary/aromatic N) is 2. The van der Waals surface area contributed by atoms with E-state index in [0.717, 1.165) is 25.7 Å². The first-order valence-corrected chi connectivity index (χ1v) is 7.27. The lowest BCUT2D eigenvalue weighted by atomic mass is 10.1. The number of nitrogens with one attached hydrogen (secondary N) is 2. The quantitative estimate of drug-likeness (QED) is 0.703. The van der Waals surface area contributed by atoms with Crippen LogP contribution in [0.15, 0.2) is 6.07 Å². The Bertz CT molecular complexity index is 435. The van der Waals surface area contributed by atoms with E-state index in [1.165, 1.54) is 19.5 Å². The number of aromatic nitrogens is 2. The van der Waals surface area contributed by atoms with Gasteiger partial charge < -0.3 is 10.6 Å². The van der Waals surface area contributed by atoms with Crippen LogP contribution in [0.1, 0.15) is 51.8 Å². The first kappa shape index (κ1) is 17.5. The molecule has 0 fully saturated rings.